The van der Waals surface area contributed by atoms with E-state index >= 15 is 0 Å². The van der Waals surface area contributed by atoms with Gasteiger partial charge in [-0.05, 0) is 60.7 Å². The molecule has 2 aromatic carbocycles. The first kappa shape index (κ1) is 14.5. The monoisotopic (exact) mass is 313 g/mol. The Bertz CT molecular complexity index is 681. The molecular formula is C19H20FNO2. The molecule has 3 nitrogen and oxygen atoms in total. The molecule has 0 radical (unpaired) electrons. The van der Waals surface area contributed by atoms with E-state index in [4.69, 9.17) is 9.47 Å². The zero-order valence-electron chi connectivity index (χ0n) is 13.2. The van der Waals surface area contributed by atoms with Crippen LogP contribution in [0.25, 0.3) is 0 Å². The van der Waals surface area contributed by atoms with Crippen molar-refractivity contribution in [3.63, 3.8) is 0 Å². The number of hydrogen-bond donors (Lipinski definition) is 0. The van der Waals surface area contributed by atoms with E-state index in [0.29, 0.717) is 12.8 Å². The minimum absolute atomic E-state index is 0.172. The van der Waals surface area contributed by atoms with E-state index in [1.807, 2.05) is 12.1 Å². The number of hydrogen-bond acceptors (Lipinski definition) is 3. The molecule has 120 valence electrons. The number of ether oxygens (including phenoxy) is 2. The lowest BCUT2D eigenvalue weighted by Crippen LogP contribution is -2.28. The second kappa shape index (κ2) is 5.85. The lowest BCUT2D eigenvalue weighted by atomic mass is 10.1. The van der Waals surface area contributed by atoms with E-state index in [2.05, 4.69) is 24.0 Å². The maximum Gasteiger partial charge on any atom is 0.231 e. The predicted octanol–water partition coefficient (Wildman–Crippen LogP) is 3.89. The smallest absolute Gasteiger partial charge is 0.231 e. The predicted molar refractivity (Wildman–Crippen MR) is 86.0 cm³/mol. The van der Waals surface area contributed by atoms with Crippen LogP contribution in [0.2, 0.25) is 0 Å². The first-order valence-electron chi connectivity index (χ1n) is 8.09. The molecule has 2 aromatic rings. The van der Waals surface area contributed by atoms with Crippen molar-refractivity contribution in [3.05, 3.63) is 58.9 Å². The molecule has 2 heterocycles. The van der Waals surface area contributed by atoms with Gasteiger partial charge in [-0.2, -0.15) is 0 Å². The maximum atomic E-state index is 13.0. The maximum absolute atomic E-state index is 13.0. The van der Waals surface area contributed by atoms with Crippen LogP contribution in [-0.2, 0) is 19.5 Å². The number of rotatable bonds is 4. The van der Waals surface area contributed by atoms with Gasteiger partial charge in [0.25, 0.3) is 0 Å². The van der Waals surface area contributed by atoms with Crippen molar-refractivity contribution < 1.29 is 13.9 Å². The summed E-state index contributed by atoms with van der Waals surface area (Å²) in [5, 5.41) is 0. The van der Waals surface area contributed by atoms with Crippen LogP contribution in [0.15, 0.2) is 36.4 Å². The summed E-state index contributed by atoms with van der Waals surface area (Å²) in [5.74, 6) is 1.56. The summed E-state index contributed by atoms with van der Waals surface area (Å²) in [4.78, 5) is 2.48. The van der Waals surface area contributed by atoms with Gasteiger partial charge < -0.3 is 9.47 Å². The Kier molecular flexibility index (Phi) is 3.69. The van der Waals surface area contributed by atoms with Crippen molar-refractivity contribution >= 4 is 0 Å². The Labute approximate surface area is 135 Å². The highest BCUT2D eigenvalue weighted by molar-refractivity contribution is 5.49. The zero-order chi connectivity index (χ0) is 15.8. The molecule has 2 aliphatic heterocycles. The van der Waals surface area contributed by atoms with Gasteiger partial charge in [0.1, 0.15) is 5.82 Å². The largest absolute Gasteiger partial charge is 0.454 e. The van der Waals surface area contributed by atoms with E-state index in [9.17, 15) is 4.39 Å². The third-order valence-corrected chi connectivity index (χ3v) is 4.83. The third kappa shape index (κ3) is 2.91. The van der Waals surface area contributed by atoms with Crippen LogP contribution in [-0.4, -0.2) is 17.7 Å². The van der Waals surface area contributed by atoms with Crippen LogP contribution in [0, 0.1) is 5.82 Å². The molecule has 0 bridgehead atoms. The normalized spacial score (nSPS) is 17.3. The van der Waals surface area contributed by atoms with E-state index in [1.54, 1.807) is 0 Å². The molecule has 4 heteroatoms. The van der Waals surface area contributed by atoms with E-state index in [1.165, 1.54) is 28.8 Å². The molecule has 0 saturated carbocycles. The summed E-state index contributed by atoms with van der Waals surface area (Å²) < 4.78 is 23.9. The van der Waals surface area contributed by atoms with Crippen molar-refractivity contribution in [1.82, 2.24) is 4.90 Å². The van der Waals surface area contributed by atoms with Gasteiger partial charge in [0.2, 0.25) is 6.79 Å². The summed E-state index contributed by atoms with van der Waals surface area (Å²) in [5.41, 5.74) is 3.86. The third-order valence-electron chi connectivity index (χ3n) is 4.83. The van der Waals surface area contributed by atoms with Crippen LogP contribution in [0.4, 0.5) is 4.39 Å². The van der Waals surface area contributed by atoms with Crippen molar-refractivity contribution in [2.24, 2.45) is 0 Å². The van der Waals surface area contributed by atoms with Crippen molar-refractivity contribution in [3.8, 4) is 11.5 Å². The second-order valence-corrected chi connectivity index (χ2v) is 6.39. The molecule has 4 rings (SSSR count). The fraction of sp³-hybridized carbons (Fsp3) is 0.368. The first-order valence-corrected chi connectivity index (χ1v) is 8.09. The fourth-order valence-electron chi connectivity index (χ4n) is 3.33. The average Bonchev–Trinajstić information content (AvgIpc) is 3.17. The van der Waals surface area contributed by atoms with E-state index < -0.39 is 0 Å². The minimum atomic E-state index is -0.172. The SMILES string of the molecule is CC(CCc1ccc(F)cc1)N1Cc2cc3c(cc2C1)OCO3. The Morgan fingerprint density at radius 1 is 1.04 bits per heavy atom. The van der Waals surface area contributed by atoms with Crippen molar-refractivity contribution in [2.75, 3.05) is 6.79 Å². The molecule has 0 N–H and O–H groups in total. The molecule has 0 amide bonds. The van der Waals surface area contributed by atoms with Gasteiger partial charge in [0.05, 0.1) is 0 Å². The molecule has 0 aromatic heterocycles. The van der Waals surface area contributed by atoms with Crippen molar-refractivity contribution in [2.45, 2.75) is 38.9 Å². The second-order valence-electron chi connectivity index (χ2n) is 6.39. The van der Waals surface area contributed by atoms with E-state index in [-0.39, 0.29) is 5.82 Å². The number of benzene rings is 2. The molecule has 0 saturated heterocycles. The molecule has 0 aliphatic carbocycles. The molecule has 0 fully saturated rings. The molecule has 1 atom stereocenters. The van der Waals surface area contributed by atoms with Gasteiger partial charge in [-0.15, -0.1) is 0 Å². The molecule has 1 unspecified atom stereocenters. The summed E-state index contributed by atoms with van der Waals surface area (Å²) in [6, 6.07) is 11.5. The topological polar surface area (TPSA) is 21.7 Å². The highest BCUT2D eigenvalue weighted by Crippen LogP contribution is 2.38. The van der Waals surface area contributed by atoms with Crippen molar-refractivity contribution in [1.29, 1.82) is 0 Å². The zero-order valence-corrected chi connectivity index (χ0v) is 13.2. The van der Waals surface area contributed by atoms with Crippen LogP contribution >= 0.6 is 0 Å². The molecule has 23 heavy (non-hydrogen) atoms. The lowest BCUT2D eigenvalue weighted by molar-refractivity contribution is 0.173. The van der Waals surface area contributed by atoms with Crippen LogP contribution in [0.3, 0.4) is 0 Å². The Morgan fingerprint density at radius 3 is 2.26 bits per heavy atom. The Morgan fingerprint density at radius 2 is 1.65 bits per heavy atom. The molecular weight excluding hydrogens is 293 g/mol. The number of nitrogens with zero attached hydrogens (tertiary/aromatic N) is 1. The summed E-state index contributed by atoms with van der Waals surface area (Å²) in [6.07, 6.45) is 2.03. The van der Waals surface area contributed by atoms with Gasteiger partial charge in [-0.25, -0.2) is 4.39 Å². The minimum Gasteiger partial charge on any atom is -0.454 e. The van der Waals surface area contributed by atoms with Crippen LogP contribution in [0.1, 0.15) is 30.0 Å². The van der Waals surface area contributed by atoms with E-state index in [0.717, 1.165) is 37.4 Å². The highest BCUT2D eigenvalue weighted by atomic mass is 19.1. The molecule has 2 aliphatic rings. The highest BCUT2D eigenvalue weighted by Gasteiger charge is 2.26. The summed E-state index contributed by atoms with van der Waals surface area (Å²) in [7, 11) is 0. The number of fused-ring (bicyclic) bond motifs is 2. The van der Waals surface area contributed by atoms with Gasteiger partial charge in [-0.3, -0.25) is 4.90 Å². The van der Waals surface area contributed by atoms with Gasteiger partial charge >= 0.3 is 0 Å². The van der Waals surface area contributed by atoms with Gasteiger partial charge in [0, 0.05) is 19.1 Å². The Hall–Kier alpha value is -2.07. The lowest BCUT2D eigenvalue weighted by Gasteiger charge is -2.23. The molecule has 0 spiro atoms. The van der Waals surface area contributed by atoms with Crippen LogP contribution < -0.4 is 9.47 Å². The Balaban J connectivity index is 1.38. The summed E-state index contributed by atoms with van der Waals surface area (Å²) >= 11 is 0. The fourth-order valence-corrected chi connectivity index (χ4v) is 3.33. The average molecular weight is 313 g/mol. The number of aryl methyl sites for hydroxylation is 1. The number of halogens is 1. The summed E-state index contributed by atoms with van der Waals surface area (Å²) in [6.45, 7) is 4.50. The van der Waals surface area contributed by atoms with Gasteiger partial charge in [0.15, 0.2) is 11.5 Å². The standard InChI is InChI=1S/C19H20FNO2/c1-13(2-3-14-4-6-17(20)7-5-14)21-10-15-8-18-19(23-12-22-18)9-16(15)11-21/h4-9,13H,2-3,10-12H2,1H3. The van der Waals surface area contributed by atoms with Gasteiger partial charge in [-0.1, -0.05) is 12.1 Å². The quantitative estimate of drug-likeness (QED) is 0.855. The van der Waals surface area contributed by atoms with Crippen LogP contribution in [0.5, 0.6) is 11.5 Å². The first-order chi connectivity index (χ1) is 11.2.